The fraction of sp³-hybridized carbons (Fsp3) is 0.308. The number of carbonyl (C=O) groups is 1. The number of nitrogens with zero attached hydrogens (tertiary/aromatic N) is 3. The number of nitro benzene ring substituents is 2. The Balaban J connectivity index is 1.53. The first-order valence-electron chi connectivity index (χ1n) is 12.2. The summed E-state index contributed by atoms with van der Waals surface area (Å²) in [4.78, 5) is 34.0. The van der Waals surface area contributed by atoms with Crippen LogP contribution in [-0.4, -0.2) is 28.1 Å². The first-order chi connectivity index (χ1) is 18.3. The van der Waals surface area contributed by atoms with Crippen LogP contribution in [0.25, 0.3) is 0 Å². The van der Waals surface area contributed by atoms with Crippen molar-refractivity contribution in [1.82, 2.24) is 0 Å². The summed E-state index contributed by atoms with van der Waals surface area (Å²) >= 11 is 0. The number of furan rings is 1. The topological polar surface area (TPSA) is 162 Å². The van der Waals surface area contributed by atoms with Crippen LogP contribution in [0.3, 0.4) is 0 Å². The minimum absolute atomic E-state index is 0.0152. The highest BCUT2D eigenvalue weighted by molar-refractivity contribution is 6.09. The van der Waals surface area contributed by atoms with Gasteiger partial charge in [0.25, 0.3) is 11.6 Å². The van der Waals surface area contributed by atoms with Crippen LogP contribution in [0.4, 0.5) is 22.7 Å². The predicted octanol–water partition coefficient (Wildman–Crippen LogP) is 5.99. The van der Waals surface area contributed by atoms with E-state index < -0.39 is 27.1 Å². The number of non-ortho nitro benzene ring substituents is 1. The Kier molecular flexibility index (Phi) is 8.00. The van der Waals surface area contributed by atoms with E-state index in [1.165, 1.54) is 6.07 Å². The van der Waals surface area contributed by atoms with Gasteiger partial charge in [0.05, 0.1) is 28.2 Å². The minimum Gasteiger partial charge on any atom is -0.494 e. The normalized spacial score (nSPS) is 13.6. The van der Waals surface area contributed by atoms with Gasteiger partial charge in [0.1, 0.15) is 17.2 Å². The largest absolute Gasteiger partial charge is 0.494 e. The molecule has 1 aliphatic rings. The van der Waals surface area contributed by atoms with Crippen molar-refractivity contribution in [1.29, 1.82) is 0 Å². The van der Waals surface area contributed by atoms with E-state index in [0.29, 0.717) is 54.2 Å². The summed E-state index contributed by atoms with van der Waals surface area (Å²) in [6.07, 6.45) is 3.89. The molecule has 0 aliphatic heterocycles. The van der Waals surface area contributed by atoms with Gasteiger partial charge in [0, 0.05) is 29.3 Å². The number of aryl methyl sites for hydroxylation is 1. The Bertz CT molecular complexity index is 1400. The summed E-state index contributed by atoms with van der Waals surface area (Å²) < 4.78 is 11.6. The van der Waals surface area contributed by atoms with Crippen molar-refractivity contribution in [2.24, 2.45) is 5.10 Å². The molecule has 0 bridgehead atoms. The van der Waals surface area contributed by atoms with Gasteiger partial charge in [-0.1, -0.05) is 13.3 Å². The molecule has 1 aromatic heterocycles. The SMILES string of the molecule is CCCCOc1ccc(NC(=O)c2oc3c(c2C)/C(=N/Nc2ccc([N+](=O)[O-])cc2[N+](=O)[O-])CCC3)cc1. The number of hydrogen-bond donors (Lipinski definition) is 2. The van der Waals surface area contributed by atoms with Crippen molar-refractivity contribution in [3.63, 3.8) is 0 Å². The maximum absolute atomic E-state index is 13.0. The number of hydrogen-bond acceptors (Lipinski definition) is 9. The van der Waals surface area contributed by atoms with Crippen LogP contribution in [0.5, 0.6) is 5.75 Å². The Morgan fingerprint density at radius 2 is 1.87 bits per heavy atom. The zero-order chi connectivity index (χ0) is 27.2. The molecule has 2 aromatic carbocycles. The molecule has 0 saturated carbocycles. The summed E-state index contributed by atoms with van der Waals surface area (Å²) in [6, 6.07) is 10.4. The van der Waals surface area contributed by atoms with Crippen molar-refractivity contribution in [3.05, 3.63) is 85.3 Å². The van der Waals surface area contributed by atoms with E-state index in [1.54, 1.807) is 31.2 Å². The number of amides is 1. The highest BCUT2D eigenvalue weighted by Crippen LogP contribution is 2.32. The highest BCUT2D eigenvalue weighted by atomic mass is 16.6. The molecule has 1 heterocycles. The van der Waals surface area contributed by atoms with Gasteiger partial charge >= 0.3 is 5.69 Å². The molecule has 12 nitrogen and oxygen atoms in total. The fourth-order valence-electron chi connectivity index (χ4n) is 4.16. The van der Waals surface area contributed by atoms with Gasteiger partial charge < -0.3 is 14.5 Å². The average molecular weight is 522 g/mol. The average Bonchev–Trinajstić information content (AvgIpc) is 3.25. The maximum Gasteiger partial charge on any atom is 0.301 e. The summed E-state index contributed by atoms with van der Waals surface area (Å²) in [5, 5.41) is 29.6. The number of benzene rings is 2. The number of unbranched alkanes of at least 4 members (excludes halogenated alkanes) is 1. The molecule has 0 atom stereocenters. The van der Waals surface area contributed by atoms with Gasteiger partial charge in [-0.3, -0.25) is 30.4 Å². The fourth-order valence-corrected chi connectivity index (χ4v) is 4.16. The number of nitro groups is 2. The molecular formula is C26H27N5O7. The highest BCUT2D eigenvalue weighted by Gasteiger charge is 2.28. The minimum atomic E-state index is -0.711. The van der Waals surface area contributed by atoms with E-state index in [2.05, 4.69) is 22.8 Å². The number of nitrogens with one attached hydrogen (secondary N) is 2. The Hall–Kier alpha value is -4.74. The second kappa shape index (κ2) is 11.5. The molecule has 1 aliphatic carbocycles. The van der Waals surface area contributed by atoms with E-state index in [0.717, 1.165) is 30.7 Å². The van der Waals surface area contributed by atoms with Crippen LogP contribution >= 0.6 is 0 Å². The first kappa shape index (κ1) is 26.3. The molecular weight excluding hydrogens is 494 g/mol. The van der Waals surface area contributed by atoms with Crippen LogP contribution in [-0.2, 0) is 6.42 Å². The van der Waals surface area contributed by atoms with Crippen molar-refractivity contribution >= 4 is 34.4 Å². The molecule has 12 heteroatoms. The Labute approximate surface area is 218 Å². The second-order valence-corrected chi connectivity index (χ2v) is 8.77. The summed E-state index contributed by atoms with van der Waals surface area (Å²) in [5.41, 5.74) is 4.28. The van der Waals surface area contributed by atoms with Crippen LogP contribution in [0, 0.1) is 27.2 Å². The molecule has 0 spiro atoms. The lowest BCUT2D eigenvalue weighted by molar-refractivity contribution is -0.393. The van der Waals surface area contributed by atoms with Gasteiger partial charge in [0.2, 0.25) is 0 Å². The third kappa shape index (κ3) is 5.80. The molecule has 0 unspecified atom stereocenters. The monoisotopic (exact) mass is 521 g/mol. The number of hydrazone groups is 1. The first-order valence-corrected chi connectivity index (χ1v) is 12.2. The van der Waals surface area contributed by atoms with Gasteiger partial charge in [-0.25, -0.2) is 0 Å². The molecule has 0 saturated heterocycles. The summed E-state index contributed by atoms with van der Waals surface area (Å²) in [6.45, 7) is 4.49. The lowest BCUT2D eigenvalue weighted by Crippen LogP contribution is -2.14. The smallest absolute Gasteiger partial charge is 0.301 e. The van der Waals surface area contributed by atoms with Gasteiger partial charge in [-0.05, 0) is 56.5 Å². The van der Waals surface area contributed by atoms with E-state index in [-0.39, 0.29) is 11.4 Å². The van der Waals surface area contributed by atoms with Gasteiger partial charge in [-0.15, -0.1) is 0 Å². The third-order valence-electron chi connectivity index (χ3n) is 6.11. The number of rotatable bonds is 10. The molecule has 38 heavy (non-hydrogen) atoms. The summed E-state index contributed by atoms with van der Waals surface area (Å²) in [5.74, 6) is 1.09. The quantitative estimate of drug-likeness (QED) is 0.187. The number of carbonyl (C=O) groups excluding carboxylic acids is 1. The van der Waals surface area contributed by atoms with Crippen LogP contribution in [0.2, 0.25) is 0 Å². The molecule has 4 rings (SSSR count). The number of ether oxygens (including phenoxy) is 1. The zero-order valence-electron chi connectivity index (χ0n) is 21.0. The van der Waals surface area contributed by atoms with Gasteiger partial charge in [0.15, 0.2) is 5.76 Å². The standard InChI is InChI=1S/C26H27N5O7/c1-3-4-14-37-19-11-8-17(9-12-19)27-26(32)25-16(2)24-21(6-5-7-23(24)38-25)29-28-20-13-10-18(30(33)34)15-22(20)31(35)36/h8-13,15,28H,3-7,14H2,1-2H3,(H,27,32)/b29-21+. The number of fused-ring (bicyclic) bond motifs is 1. The molecule has 1 amide bonds. The van der Waals surface area contributed by atoms with Crippen molar-refractivity contribution in [2.75, 3.05) is 17.3 Å². The van der Waals surface area contributed by atoms with Crippen LogP contribution in [0.15, 0.2) is 52.0 Å². The van der Waals surface area contributed by atoms with Gasteiger partial charge in [-0.2, -0.15) is 5.10 Å². The van der Waals surface area contributed by atoms with E-state index in [9.17, 15) is 25.0 Å². The van der Waals surface area contributed by atoms with Crippen molar-refractivity contribution in [3.8, 4) is 5.75 Å². The predicted molar refractivity (Wildman–Crippen MR) is 141 cm³/mol. The molecule has 0 fully saturated rings. The Morgan fingerprint density at radius 1 is 1.11 bits per heavy atom. The molecule has 0 radical (unpaired) electrons. The second-order valence-electron chi connectivity index (χ2n) is 8.77. The summed E-state index contributed by atoms with van der Waals surface area (Å²) in [7, 11) is 0. The maximum atomic E-state index is 13.0. The molecule has 3 aromatic rings. The third-order valence-corrected chi connectivity index (χ3v) is 6.11. The van der Waals surface area contributed by atoms with Crippen LogP contribution < -0.4 is 15.5 Å². The molecule has 198 valence electrons. The van der Waals surface area contributed by atoms with Crippen LogP contribution in [0.1, 0.15) is 60.0 Å². The molecule has 2 N–H and O–H groups in total. The van der Waals surface area contributed by atoms with Crippen molar-refractivity contribution in [2.45, 2.75) is 46.0 Å². The van der Waals surface area contributed by atoms with Crippen molar-refractivity contribution < 1.29 is 23.8 Å². The van der Waals surface area contributed by atoms with E-state index >= 15 is 0 Å². The Morgan fingerprint density at radius 3 is 2.55 bits per heavy atom. The van der Waals surface area contributed by atoms with E-state index in [1.807, 2.05) is 0 Å². The number of anilines is 2. The lowest BCUT2D eigenvalue weighted by Gasteiger charge is -2.13. The zero-order valence-corrected chi connectivity index (χ0v) is 21.0. The van der Waals surface area contributed by atoms with E-state index in [4.69, 9.17) is 9.15 Å². The lowest BCUT2D eigenvalue weighted by atomic mass is 9.93.